The lowest BCUT2D eigenvalue weighted by Gasteiger charge is -2.05. The van der Waals surface area contributed by atoms with Gasteiger partial charge in [0, 0.05) is 12.0 Å². The first kappa shape index (κ1) is 14.0. The van der Waals surface area contributed by atoms with E-state index in [2.05, 4.69) is 11.3 Å². The van der Waals surface area contributed by atoms with Crippen LogP contribution in [-0.4, -0.2) is 24.0 Å². The fourth-order valence-electron chi connectivity index (χ4n) is 1.54. The molecule has 1 aromatic carbocycles. The van der Waals surface area contributed by atoms with Gasteiger partial charge in [-0.1, -0.05) is 6.08 Å². The van der Waals surface area contributed by atoms with Gasteiger partial charge in [0.15, 0.2) is 5.78 Å². The minimum Gasteiger partial charge on any atom is -0.508 e. The van der Waals surface area contributed by atoms with Crippen LogP contribution in [0.25, 0.3) is 0 Å². The van der Waals surface area contributed by atoms with E-state index in [9.17, 15) is 14.7 Å². The number of carbonyl (C=O) groups is 2. The van der Waals surface area contributed by atoms with E-state index in [1.54, 1.807) is 18.2 Å². The number of esters is 1. The summed E-state index contributed by atoms with van der Waals surface area (Å²) in [7, 11) is 1.29. The maximum Gasteiger partial charge on any atom is 0.305 e. The van der Waals surface area contributed by atoms with Crippen molar-refractivity contribution in [3.63, 3.8) is 0 Å². The van der Waals surface area contributed by atoms with E-state index < -0.39 is 5.97 Å². The molecule has 0 bridgehead atoms. The minimum atomic E-state index is -0.409. The van der Waals surface area contributed by atoms with Crippen LogP contribution in [0.2, 0.25) is 0 Å². The van der Waals surface area contributed by atoms with E-state index in [1.165, 1.54) is 13.2 Å². The van der Waals surface area contributed by atoms with Crippen LogP contribution in [0.4, 0.5) is 0 Å². The predicted molar refractivity (Wildman–Crippen MR) is 67.6 cm³/mol. The Hall–Kier alpha value is -2.10. The molecule has 96 valence electrons. The Labute approximate surface area is 106 Å². The minimum absolute atomic E-state index is 0.0625. The van der Waals surface area contributed by atoms with Gasteiger partial charge in [-0.25, -0.2) is 0 Å². The quantitative estimate of drug-likeness (QED) is 0.476. The molecule has 0 saturated carbocycles. The summed E-state index contributed by atoms with van der Waals surface area (Å²) >= 11 is 0. The third-order valence-electron chi connectivity index (χ3n) is 2.55. The van der Waals surface area contributed by atoms with Crippen LogP contribution in [0.15, 0.2) is 30.9 Å². The van der Waals surface area contributed by atoms with Crippen LogP contribution in [0, 0.1) is 0 Å². The number of benzene rings is 1. The lowest BCUT2D eigenvalue weighted by molar-refractivity contribution is -0.140. The first-order chi connectivity index (χ1) is 8.58. The van der Waals surface area contributed by atoms with E-state index in [0.717, 1.165) is 0 Å². The number of phenolic OH excluding ortho intramolecular Hbond substituents is 1. The van der Waals surface area contributed by atoms with Crippen LogP contribution in [0.3, 0.4) is 0 Å². The average molecular weight is 248 g/mol. The van der Waals surface area contributed by atoms with Crippen LogP contribution >= 0.6 is 0 Å². The highest BCUT2D eigenvalue weighted by atomic mass is 16.5. The highest BCUT2D eigenvalue weighted by Gasteiger charge is 2.11. The van der Waals surface area contributed by atoms with Gasteiger partial charge in [0.05, 0.1) is 13.5 Å². The lowest BCUT2D eigenvalue weighted by Crippen LogP contribution is -2.06. The van der Waals surface area contributed by atoms with Crippen molar-refractivity contribution in [2.24, 2.45) is 0 Å². The summed E-state index contributed by atoms with van der Waals surface area (Å²) in [5, 5.41) is 9.57. The SMILES string of the molecule is C=CCc1cc(C(=O)CCC(=O)OC)ccc1O. The normalized spacial score (nSPS) is 9.83. The number of methoxy groups -OCH3 is 1. The maximum absolute atomic E-state index is 11.8. The number of Topliss-reactive ketones (excluding diaryl/α,β-unsaturated/α-hetero) is 1. The molecule has 0 aromatic heterocycles. The van der Waals surface area contributed by atoms with Crippen molar-refractivity contribution in [2.75, 3.05) is 7.11 Å². The van der Waals surface area contributed by atoms with E-state index in [-0.39, 0.29) is 24.4 Å². The Balaban J connectivity index is 2.76. The van der Waals surface area contributed by atoms with Crippen LogP contribution < -0.4 is 0 Å². The summed E-state index contributed by atoms with van der Waals surface area (Å²) in [5.41, 5.74) is 1.13. The first-order valence-corrected chi connectivity index (χ1v) is 5.61. The van der Waals surface area contributed by atoms with Crippen LogP contribution in [0.5, 0.6) is 5.75 Å². The van der Waals surface area contributed by atoms with Crippen LogP contribution in [-0.2, 0) is 16.0 Å². The molecule has 0 radical (unpaired) electrons. The summed E-state index contributed by atoms with van der Waals surface area (Å²) in [6, 6.07) is 4.64. The number of allylic oxidation sites excluding steroid dienone is 1. The molecule has 0 aliphatic rings. The Bertz CT molecular complexity index is 463. The monoisotopic (exact) mass is 248 g/mol. The molecule has 0 amide bonds. The highest BCUT2D eigenvalue weighted by Crippen LogP contribution is 2.20. The summed E-state index contributed by atoms with van der Waals surface area (Å²) in [4.78, 5) is 22.8. The van der Waals surface area contributed by atoms with Crippen molar-refractivity contribution in [1.82, 2.24) is 0 Å². The molecule has 0 atom stereocenters. The number of ketones is 1. The number of carbonyl (C=O) groups excluding carboxylic acids is 2. The molecule has 0 saturated heterocycles. The number of ether oxygens (including phenoxy) is 1. The first-order valence-electron chi connectivity index (χ1n) is 5.61. The van der Waals surface area contributed by atoms with Crippen molar-refractivity contribution in [1.29, 1.82) is 0 Å². The number of hydrogen-bond donors (Lipinski definition) is 1. The molecule has 0 spiro atoms. The second-order valence-electron chi connectivity index (χ2n) is 3.84. The van der Waals surface area contributed by atoms with E-state index in [1.807, 2.05) is 0 Å². The van der Waals surface area contributed by atoms with Gasteiger partial charge in [-0.05, 0) is 30.2 Å². The number of rotatable bonds is 6. The van der Waals surface area contributed by atoms with Gasteiger partial charge in [0.25, 0.3) is 0 Å². The fraction of sp³-hybridized carbons (Fsp3) is 0.286. The maximum atomic E-state index is 11.8. The van der Waals surface area contributed by atoms with Gasteiger partial charge < -0.3 is 9.84 Å². The Kier molecular flexibility index (Phi) is 5.11. The van der Waals surface area contributed by atoms with Gasteiger partial charge >= 0.3 is 5.97 Å². The molecule has 4 heteroatoms. The zero-order valence-electron chi connectivity index (χ0n) is 10.3. The molecule has 0 heterocycles. The summed E-state index contributed by atoms with van der Waals surface area (Å²) in [6.07, 6.45) is 2.31. The van der Waals surface area contributed by atoms with Crippen molar-refractivity contribution >= 4 is 11.8 Å². The standard InChI is InChI=1S/C14H16O4/c1-3-4-10-9-11(5-6-12(10)15)13(16)7-8-14(17)18-2/h3,5-6,9,15H,1,4,7-8H2,2H3. The van der Waals surface area contributed by atoms with E-state index >= 15 is 0 Å². The van der Waals surface area contributed by atoms with Gasteiger partial charge in [-0.15, -0.1) is 6.58 Å². The van der Waals surface area contributed by atoms with E-state index in [0.29, 0.717) is 17.5 Å². The third kappa shape index (κ3) is 3.73. The highest BCUT2D eigenvalue weighted by molar-refractivity contribution is 5.97. The molecule has 4 nitrogen and oxygen atoms in total. The largest absolute Gasteiger partial charge is 0.508 e. The molecule has 18 heavy (non-hydrogen) atoms. The molecule has 1 aromatic rings. The topological polar surface area (TPSA) is 63.6 Å². The predicted octanol–water partition coefficient (Wildman–Crippen LogP) is 2.26. The summed E-state index contributed by atoms with van der Waals surface area (Å²) in [5.74, 6) is -0.418. The number of aromatic hydroxyl groups is 1. The molecule has 0 aliphatic carbocycles. The Morgan fingerprint density at radius 1 is 1.39 bits per heavy atom. The Morgan fingerprint density at radius 2 is 2.11 bits per heavy atom. The fourth-order valence-corrected chi connectivity index (χ4v) is 1.54. The summed E-state index contributed by atoms with van der Waals surface area (Å²) in [6.45, 7) is 3.58. The van der Waals surface area contributed by atoms with Gasteiger partial charge in [-0.3, -0.25) is 9.59 Å². The third-order valence-corrected chi connectivity index (χ3v) is 2.55. The Morgan fingerprint density at radius 3 is 2.72 bits per heavy atom. The lowest BCUT2D eigenvalue weighted by atomic mass is 10.0. The zero-order chi connectivity index (χ0) is 13.5. The van der Waals surface area contributed by atoms with Crippen molar-refractivity contribution in [2.45, 2.75) is 19.3 Å². The van der Waals surface area contributed by atoms with Crippen LogP contribution in [0.1, 0.15) is 28.8 Å². The smallest absolute Gasteiger partial charge is 0.305 e. The molecular formula is C14H16O4. The molecule has 0 unspecified atom stereocenters. The molecule has 1 rings (SSSR count). The van der Waals surface area contributed by atoms with Crippen molar-refractivity contribution < 1.29 is 19.4 Å². The molecule has 0 fully saturated rings. The average Bonchev–Trinajstić information content (AvgIpc) is 2.38. The van der Waals surface area contributed by atoms with E-state index in [4.69, 9.17) is 0 Å². The van der Waals surface area contributed by atoms with Gasteiger partial charge in [-0.2, -0.15) is 0 Å². The molecule has 1 N–H and O–H groups in total. The number of phenols is 1. The second-order valence-corrected chi connectivity index (χ2v) is 3.84. The van der Waals surface area contributed by atoms with Crippen molar-refractivity contribution in [3.8, 4) is 5.75 Å². The molecular weight excluding hydrogens is 232 g/mol. The van der Waals surface area contributed by atoms with Gasteiger partial charge in [0.2, 0.25) is 0 Å². The summed E-state index contributed by atoms with van der Waals surface area (Å²) < 4.78 is 4.47. The van der Waals surface area contributed by atoms with Gasteiger partial charge in [0.1, 0.15) is 5.75 Å². The second kappa shape index (κ2) is 6.59. The number of hydrogen-bond acceptors (Lipinski definition) is 4. The zero-order valence-corrected chi connectivity index (χ0v) is 10.3. The molecule has 0 aliphatic heterocycles. The van der Waals surface area contributed by atoms with Crippen molar-refractivity contribution in [3.05, 3.63) is 42.0 Å².